The maximum atomic E-state index is 12.0. The predicted octanol–water partition coefficient (Wildman–Crippen LogP) is 1.49. The molecule has 0 saturated heterocycles. The number of carbonyl (C=O) groups excluding carboxylic acids is 1. The summed E-state index contributed by atoms with van der Waals surface area (Å²) in [5.74, 6) is -0.396. The monoisotopic (exact) mass is 329 g/mol. The SMILES string of the molecule is C[C@@H](Cc1ccc(Br)cc1)C(=O)NC(C)(CO)CO. The molecule has 0 unspecified atom stereocenters. The second-order valence-electron chi connectivity index (χ2n) is 5.10. The lowest BCUT2D eigenvalue weighted by Gasteiger charge is -2.27. The van der Waals surface area contributed by atoms with E-state index in [1.165, 1.54) is 0 Å². The minimum atomic E-state index is -0.967. The van der Waals surface area contributed by atoms with E-state index in [1.807, 2.05) is 31.2 Å². The van der Waals surface area contributed by atoms with E-state index in [0.717, 1.165) is 10.0 Å². The molecule has 1 aromatic carbocycles. The van der Waals surface area contributed by atoms with Gasteiger partial charge >= 0.3 is 0 Å². The Labute approximate surface area is 122 Å². The van der Waals surface area contributed by atoms with Crippen LogP contribution in [0.2, 0.25) is 0 Å². The van der Waals surface area contributed by atoms with Crippen LogP contribution in [0, 0.1) is 5.92 Å². The Bertz CT molecular complexity index is 415. The molecule has 0 bridgehead atoms. The first-order chi connectivity index (χ1) is 8.90. The van der Waals surface area contributed by atoms with Crippen LogP contribution >= 0.6 is 15.9 Å². The molecule has 1 rings (SSSR count). The number of aliphatic hydroxyl groups excluding tert-OH is 2. The van der Waals surface area contributed by atoms with Crippen LogP contribution in [0.3, 0.4) is 0 Å². The van der Waals surface area contributed by atoms with Crippen molar-refractivity contribution in [2.45, 2.75) is 25.8 Å². The Morgan fingerprint density at radius 2 is 1.84 bits per heavy atom. The molecule has 0 fully saturated rings. The molecule has 1 amide bonds. The summed E-state index contributed by atoms with van der Waals surface area (Å²) in [7, 11) is 0. The van der Waals surface area contributed by atoms with Crippen molar-refractivity contribution in [3.05, 3.63) is 34.3 Å². The van der Waals surface area contributed by atoms with Gasteiger partial charge in [-0.05, 0) is 31.0 Å². The fourth-order valence-corrected chi connectivity index (χ4v) is 1.88. The van der Waals surface area contributed by atoms with E-state index in [1.54, 1.807) is 6.92 Å². The highest BCUT2D eigenvalue weighted by molar-refractivity contribution is 9.10. The Morgan fingerprint density at radius 1 is 1.32 bits per heavy atom. The lowest BCUT2D eigenvalue weighted by molar-refractivity contribution is -0.127. The topological polar surface area (TPSA) is 69.6 Å². The number of amides is 1. The Kier molecular flexibility index (Phi) is 5.97. The fourth-order valence-electron chi connectivity index (χ4n) is 1.62. The molecule has 3 N–H and O–H groups in total. The first-order valence-electron chi connectivity index (χ1n) is 6.18. The first kappa shape index (κ1) is 16.1. The van der Waals surface area contributed by atoms with Crippen LogP contribution in [0.4, 0.5) is 0 Å². The zero-order valence-corrected chi connectivity index (χ0v) is 12.8. The van der Waals surface area contributed by atoms with Crippen LogP contribution in [-0.2, 0) is 11.2 Å². The molecular weight excluding hydrogens is 310 g/mol. The highest BCUT2D eigenvalue weighted by Crippen LogP contribution is 2.14. The molecule has 0 aromatic heterocycles. The van der Waals surface area contributed by atoms with Crippen LogP contribution in [0.15, 0.2) is 28.7 Å². The molecule has 0 spiro atoms. The average Bonchev–Trinajstić information content (AvgIpc) is 2.41. The molecule has 0 aliphatic heterocycles. The molecule has 0 radical (unpaired) electrons. The summed E-state index contributed by atoms with van der Waals surface area (Å²) in [6.45, 7) is 2.85. The van der Waals surface area contributed by atoms with Gasteiger partial charge in [-0.3, -0.25) is 4.79 Å². The minimum absolute atomic E-state index is 0.173. The smallest absolute Gasteiger partial charge is 0.223 e. The van der Waals surface area contributed by atoms with Gasteiger partial charge in [-0.15, -0.1) is 0 Å². The molecule has 1 aromatic rings. The van der Waals surface area contributed by atoms with Crippen molar-refractivity contribution >= 4 is 21.8 Å². The van der Waals surface area contributed by atoms with Gasteiger partial charge in [-0.25, -0.2) is 0 Å². The average molecular weight is 330 g/mol. The number of benzene rings is 1. The van der Waals surface area contributed by atoms with Crippen molar-refractivity contribution in [3.63, 3.8) is 0 Å². The number of hydrogen-bond donors (Lipinski definition) is 3. The number of hydrogen-bond acceptors (Lipinski definition) is 3. The van der Waals surface area contributed by atoms with Crippen molar-refractivity contribution in [2.24, 2.45) is 5.92 Å². The summed E-state index contributed by atoms with van der Waals surface area (Å²) in [5, 5.41) is 21.0. The molecule has 0 aliphatic carbocycles. The summed E-state index contributed by atoms with van der Waals surface area (Å²) in [4.78, 5) is 12.0. The van der Waals surface area contributed by atoms with Crippen molar-refractivity contribution in [3.8, 4) is 0 Å². The third-order valence-corrected chi connectivity index (χ3v) is 3.55. The van der Waals surface area contributed by atoms with Gasteiger partial charge in [0.05, 0.1) is 18.8 Å². The largest absolute Gasteiger partial charge is 0.394 e. The zero-order chi connectivity index (χ0) is 14.5. The second-order valence-corrected chi connectivity index (χ2v) is 6.01. The number of rotatable bonds is 6. The summed E-state index contributed by atoms with van der Waals surface area (Å²) < 4.78 is 1.00. The molecule has 0 aliphatic rings. The van der Waals surface area contributed by atoms with Crippen LogP contribution in [-0.4, -0.2) is 34.9 Å². The molecule has 0 saturated carbocycles. The Hall–Kier alpha value is -0.910. The summed E-state index contributed by atoms with van der Waals surface area (Å²) in [5.41, 5.74) is 0.103. The lowest BCUT2D eigenvalue weighted by Crippen LogP contribution is -2.53. The minimum Gasteiger partial charge on any atom is -0.394 e. The molecule has 1 atom stereocenters. The van der Waals surface area contributed by atoms with E-state index in [9.17, 15) is 4.79 Å². The number of nitrogens with one attached hydrogen (secondary N) is 1. The van der Waals surface area contributed by atoms with E-state index >= 15 is 0 Å². The van der Waals surface area contributed by atoms with Crippen molar-refractivity contribution in [1.82, 2.24) is 5.32 Å². The number of carbonyl (C=O) groups is 1. The summed E-state index contributed by atoms with van der Waals surface area (Å²) in [6.07, 6.45) is 0.617. The van der Waals surface area contributed by atoms with Gasteiger partial charge in [-0.1, -0.05) is 35.0 Å². The molecule has 5 heteroatoms. The van der Waals surface area contributed by atoms with E-state index < -0.39 is 5.54 Å². The van der Waals surface area contributed by atoms with Gasteiger partial charge in [-0.2, -0.15) is 0 Å². The molecule has 19 heavy (non-hydrogen) atoms. The van der Waals surface area contributed by atoms with Crippen LogP contribution in [0.25, 0.3) is 0 Å². The number of aliphatic hydroxyl groups is 2. The second kappa shape index (κ2) is 7.03. The molecule has 0 heterocycles. The fraction of sp³-hybridized carbons (Fsp3) is 0.500. The quantitative estimate of drug-likeness (QED) is 0.740. The van der Waals surface area contributed by atoms with Gasteiger partial charge < -0.3 is 15.5 Å². The normalized spacial score (nSPS) is 13.1. The maximum absolute atomic E-state index is 12.0. The van der Waals surface area contributed by atoms with E-state index in [2.05, 4.69) is 21.2 Å². The maximum Gasteiger partial charge on any atom is 0.223 e. The third-order valence-electron chi connectivity index (χ3n) is 3.03. The van der Waals surface area contributed by atoms with E-state index in [-0.39, 0.29) is 25.0 Å². The Balaban J connectivity index is 2.60. The van der Waals surface area contributed by atoms with Crippen LogP contribution < -0.4 is 5.32 Å². The first-order valence-corrected chi connectivity index (χ1v) is 6.97. The molecule has 106 valence electrons. The third kappa shape index (κ3) is 4.93. The highest BCUT2D eigenvalue weighted by atomic mass is 79.9. The summed E-state index contributed by atoms with van der Waals surface area (Å²) in [6, 6.07) is 7.80. The van der Waals surface area contributed by atoms with Crippen molar-refractivity contribution in [2.75, 3.05) is 13.2 Å². The van der Waals surface area contributed by atoms with Gasteiger partial charge in [0.2, 0.25) is 5.91 Å². The van der Waals surface area contributed by atoms with Gasteiger partial charge in [0.1, 0.15) is 0 Å². The number of halogens is 1. The van der Waals surface area contributed by atoms with Gasteiger partial charge in [0.25, 0.3) is 0 Å². The summed E-state index contributed by atoms with van der Waals surface area (Å²) >= 11 is 3.36. The molecule has 4 nitrogen and oxygen atoms in total. The highest BCUT2D eigenvalue weighted by Gasteiger charge is 2.26. The van der Waals surface area contributed by atoms with Gasteiger partial charge in [0, 0.05) is 10.4 Å². The Morgan fingerprint density at radius 3 is 2.32 bits per heavy atom. The van der Waals surface area contributed by atoms with E-state index in [4.69, 9.17) is 10.2 Å². The van der Waals surface area contributed by atoms with Crippen LogP contribution in [0.1, 0.15) is 19.4 Å². The predicted molar refractivity (Wildman–Crippen MR) is 77.7 cm³/mol. The lowest BCUT2D eigenvalue weighted by atomic mass is 9.98. The van der Waals surface area contributed by atoms with Crippen LogP contribution in [0.5, 0.6) is 0 Å². The van der Waals surface area contributed by atoms with Gasteiger partial charge in [0.15, 0.2) is 0 Å². The molecular formula is C14H20BrNO3. The zero-order valence-electron chi connectivity index (χ0n) is 11.2. The van der Waals surface area contributed by atoms with E-state index in [0.29, 0.717) is 6.42 Å². The standard InChI is InChI=1S/C14H20BrNO3/c1-10(7-11-3-5-12(15)6-4-11)13(19)16-14(2,8-17)9-18/h3-6,10,17-18H,7-9H2,1-2H3,(H,16,19)/t10-/m0/s1. The van der Waals surface area contributed by atoms with Crippen molar-refractivity contribution in [1.29, 1.82) is 0 Å². The van der Waals surface area contributed by atoms with Crippen molar-refractivity contribution < 1.29 is 15.0 Å².